The van der Waals surface area contributed by atoms with Crippen molar-refractivity contribution in [2.45, 2.75) is 17.5 Å². The lowest BCUT2D eigenvalue weighted by atomic mass is 10.2. The van der Waals surface area contributed by atoms with Crippen LogP contribution < -0.4 is 5.32 Å². The van der Waals surface area contributed by atoms with Gasteiger partial charge in [0.25, 0.3) is 5.91 Å². The molecule has 0 atom stereocenters. The van der Waals surface area contributed by atoms with E-state index in [9.17, 15) is 9.18 Å². The van der Waals surface area contributed by atoms with Gasteiger partial charge in [-0.25, -0.2) is 4.39 Å². The van der Waals surface area contributed by atoms with Crippen LogP contribution in [0.2, 0.25) is 15.1 Å². The monoisotopic (exact) mass is 520 g/mol. The molecule has 1 heterocycles. The van der Waals surface area contributed by atoms with E-state index >= 15 is 0 Å². The van der Waals surface area contributed by atoms with Crippen LogP contribution in [0.4, 0.5) is 4.39 Å². The normalized spacial score (nSPS) is 10.9. The zero-order valence-electron chi connectivity index (χ0n) is 16.9. The van der Waals surface area contributed by atoms with Crippen LogP contribution in [-0.2, 0) is 12.3 Å². The van der Waals surface area contributed by atoms with Crippen LogP contribution in [0.5, 0.6) is 0 Å². The summed E-state index contributed by atoms with van der Waals surface area (Å²) in [6.45, 7) is 0.116. The zero-order chi connectivity index (χ0) is 23.4. The van der Waals surface area contributed by atoms with Gasteiger partial charge in [-0.15, -0.1) is 10.2 Å². The Kier molecular flexibility index (Phi) is 7.55. The topological polar surface area (TPSA) is 59.8 Å². The highest BCUT2D eigenvalue weighted by atomic mass is 35.5. The predicted octanol–water partition coefficient (Wildman–Crippen LogP) is 6.59. The van der Waals surface area contributed by atoms with E-state index in [0.29, 0.717) is 43.1 Å². The van der Waals surface area contributed by atoms with E-state index in [4.69, 9.17) is 34.8 Å². The molecular weight excluding hydrogens is 506 g/mol. The number of amides is 1. The number of thioether (sulfide) groups is 1. The first-order chi connectivity index (χ1) is 15.9. The lowest BCUT2D eigenvalue weighted by Gasteiger charge is -2.13. The van der Waals surface area contributed by atoms with Crippen LogP contribution in [0.25, 0.3) is 5.69 Å². The van der Waals surface area contributed by atoms with E-state index in [-0.39, 0.29) is 18.3 Å². The Balaban J connectivity index is 1.59. The van der Waals surface area contributed by atoms with Crippen molar-refractivity contribution in [1.82, 2.24) is 20.1 Å². The van der Waals surface area contributed by atoms with Gasteiger partial charge in [-0.3, -0.25) is 9.36 Å². The Hall–Kier alpha value is -2.58. The van der Waals surface area contributed by atoms with E-state index < -0.39 is 0 Å². The first-order valence-electron chi connectivity index (χ1n) is 9.71. The average Bonchev–Trinajstić information content (AvgIpc) is 3.20. The van der Waals surface area contributed by atoms with Gasteiger partial charge in [-0.1, -0.05) is 58.7 Å². The van der Waals surface area contributed by atoms with Crippen molar-refractivity contribution < 1.29 is 9.18 Å². The molecule has 5 nitrogen and oxygen atoms in total. The lowest BCUT2D eigenvalue weighted by molar-refractivity contribution is 0.0949. The fourth-order valence-electron chi connectivity index (χ4n) is 3.00. The third kappa shape index (κ3) is 5.86. The summed E-state index contributed by atoms with van der Waals surface area (Å²) in [5.41, 5.74) is 2.03. The Morgan fingerprint density at radius 3 is 2.33 bits per heavy atom. The molecule has 0 radical (unpaired) electrons. The molecule has 4 rings (SSSR count). The third-order valence-electron chi connectivity index (χ3n) is 4.65. The Morgan fingerprint density at radius 2 is 1.64 bits per heavy atom. The van der Waals surface area contributed by atoms with Crippen LogP contribution in [0.15, 0.2) is 71.9 Å². The van der Waals surface area contributed by atoms with Gasteiger partial charge >= 0.3 is 0 Å². The molecular formula is C23H16Cl3FN4OS. The minimum atomic E-state index is -0.293. The molecule has 10 heteroatoms. The highest BCUT2D eigenvalue weighted by molar-refractivity contribution is 7.98. The number of hydrogen-bond donors (Lipinski definition) is 1. The van der Waals surface area contributed by atoms with Crippen molar-refractivity contribution >= 4 is 52.5 Å². The summed E-state index contributed by atoms with van der Waals surface area (Å²) in [7, 11) is 0. The Morgan fingerprint density at radius 1 is 0.939 bits per heavy atom. The molecule has 0 saturated heterocycles. The molecule has 168 valence electrons. The van der Waals surface area contributed by atoms with E-state index in [1.807, 2.05) is 0 Å². The number of hydrogen-bond acceptors (Lipinski definition) is 4. The van der Waals surface area contributed by atoms with Crippen molar-refractivity contribution in [2.24, 2.45) is 0 Å². The van der Waals surface area contributed by atoms with Gasteiger partial charge in [0.2, 0.25) is 0 Å². The number of nitrogens with one attached hydrogen (secondary N) is 1. The SMILES string of the molecule is O=C(NCc1nnc(SCc2ccc(F)cc2)n1-c1ccc(Cl)cc1Cl)c1ccc(Cl)cc1. The summed E-state index contributed by atoms with van der Waals surface area (Å²) < 4.78 is 15.0. The fourth-order valence-corrected chi connectivity index (χ4v) is 4.54. The summed E-state index contributed by atoms with van der Waals surface area (Å²) in [6, 6.07) is 17.9. The van der Waals surface area contributed by atoms with Crippen LogP contribution in [0.1, 0.15) is 21.7 Å². The number of halogens is 4. The quantitative estimate of drug-likeness (QED) is 0.279. The molecule has 3 aromatic carbocycles. The summed E-state index contributed by atoms with van der Waals surface area (Å²) in [6.07, 6.45) is 0. The van der Waals surface area contributed by atoms with Gasteiger partial charge in [0.15, 0.2) is 11.0 Å². The van der Waals surface area contributed by atoms with Crippen molar-refractivity contribution in [3.05, 3.63) is 105 Å². The molecule has 0 aliphatic heterocycles. The van der Waals surface area contributed by atoms with Crippen molar-refractivity contribution in [3.8, 4) is 5.69 Å². The number of aromatic nitrogens is 3. The molecule has 1 aromatic heterocycles. The maximum Gasteiger partial charge on any atom is 0.251 e. The van der Waals surface area contributed by atoms with Gasteiger partial charge in [0, 0.05) is 21.4 Å². The second-order valence-electron chi connectivity index (χ2n) is 6.93. The van der Waals surface area contributed by atoms with Gasteiger partial charge in [-0.2, -0.15) is 0 Å². The zero-order valence-corrected chi connectivity index (χ0v) is 20.0. The van der Waals surface area contributed by atoms with Gasteiger partial charge in [-0.05, 0) is 60.2 Å². The number of nitrogens with zero attached hydrogens (tertiary/aromatic N) is 3. The Labute approximate surface area is 208 Å². The van der Waals surface area contributed by atoms with Crippen molar-refractivity contribution in [2.75, 3.05) is 0 Å². The van der Waals surface area contributed by atoms with Crippen LogP contribution >= 0.6 is 46.6 Å². The molecule has 0 saturated carbocycles. The second kappa shape index (κ2) is 10.6. The first kappa shape index (κ1) is 23.6. The molecule has 0 aliphatic carbocycles. The molecule has 0 unspecified atom stereocenters. The van der Waals surface area contributed by atoms with Crippen LogP contribution in [-0.4, -0.2) is 20.7 Å². The highest BCUT2D eigenvalue weighted by Crippen LogP contribution is 2.30. The molecule has 33 heavy (non-hydrogen) atoms. The molecule has 0 fully saturated rings. The Bertz CT molecular complexity index is 1280. The molecule has 1 amide bonds. The van der Waals surface area contributed by atoms with Crippen LogP contribution in [0.3, 0.4) is 0 Å². The maximum atomic E-state index is 13.2. The number of rotatable bonds is 7. The molecule has 0 aliphatic rings. The lowest BCUT2D eigenvalue weighted by Crippen LogP contribution is -2.24. The van der Waals surface area contributed by atoms with E-state index in [1.165, 1.54) is 23.9 Å². The van der Waals surface area contributed by atoms with Gasteiger partial charge in [0.05, 0.1) is 17.3 Å². The predicted molar refractivity (Wildman–Crippen MR) is 130 cm³/mol. The fraction of sp³-hybridized carbons (Fsp3) is 0.0870. The molecule has 0 spiro atoms. The molecule has 1 N–H and O–H groups in total. The van der Waals surface area contributed by atoms with Gasteiger partial charge < -0.3 is 5.32 Å². The van der Waals surface area contributed by atoms with Crippen LogP contribution in [0, 0.1) is 5.82 Å². The number of carbonyl (C=O) groups is 1. The maximum absolute atomic E-state index is 13.2. The second-order valence-corrected chi connectivity index (χ2v) is 9.16. The largest absolute Gasteiger partial charge is 0.345 e. The summed E-state index contributed by atoms with van der Waals surface area (Å²) in [5.74, 6) is 0.464. The molecule has 0 bridgehead atoms. The van der Waals surface area contributed by atoms with Gasteiger partial charge in [0.1, 0.15) is 5.82 Å². The molecule has 4 aromatic rings. The minimum Gasteiger partial charge on any atom is -0.345 e. The summed E-state index contributed by atoms with van der Waals surface area (Å²) in [4.78, 5) is 12.5. The number of benzene rings is 3. The van der Waals surface area contributed by atoms with E-state index in [0.717, 1.165) is 5.56 Å². The average molecular weight is 522 g/mol. The smallest absolute Gasteiger partial charge is 0.251 e. The first-order valence-corrected chi connectivity index (χ1v) is 11.8. The van der Waals surface area contributed by atoms with Crippen molar-refractivity contribution in [3.63, 3.8) is 0 Å². The van der Waals surface area contributed by atoms with E-state index in [2.05, 4.69) is 15.5 Å². The minimum absolute atomic E-state index is 0.116. The van der Waals surface area contributed by atoms with E-state index in [1.54, 1.807) is 59.2 Å². The summed E-state index contributed by atoms with van der Waals surface area (Å²) in [5, 5.41) is 13.4. The summed E-state index contributed by atoms with van der Waals surface area (Å²) >= 11 is 19.8. The number of carbonyl (C=O) groups excluding carboxylic acids is 1. The van der Waals surface area contributed by atoms with Crippen molar-refractivity contribution in [1.29, 1.82) is 0 Å². The third-order valence-corrected chi connectivity index (χ3v) is 6.44. The standard InChI is InChI=1S/C23H16Cl3FN4OS/c24-16-5-3-15(4-6-16)22(32)28-12-21-29-30-23(33-13-14-1-8-18(27)9-2-14)31(21)20-10-7-17(25)11-19(20)26/h1-11H,12-13H2,(H,28,32). The highest BCUT2D eigenvalue weighted by Gasteiger charge is 2.18.